The molecule has 0 aliphatic rings. The number of benzene rings is 2. The van der Waals surface area contributed by atoms with Gasteiger partial charge in [-0.25, -0.2) is 4.39 Å². The van der Waals surface area contributed by atoms with E-state index in [2.05, 4.69) is 26.9 Å². The highest BCUT2D eigenvalue weighted by Crippen LogP contribution is 2.25. The normalized spacial score (nSPS) is 12.0. The summed E-state index contributed by atoms with van der Waals surface area (Å²) in [6.07, 6.45) is 0. The third-order valence-corrected chi connectivity index (χ3v) is 5.05. The predicted molar refractivity (Wildman–Crippen MR) is 104 cm³/mol. The van der Waals surface area contributed by atoms with Crippen molar-refractivity contribution in [1.29, 1.82) is 0 Å². The van der Waals surface area contributed by atoms with E-state index in [1.165, 1.54) is 30.0 Å². The van der Waals surface area contributed by atoms with Crippen molar-refractivity contribution < 1.29 is 9.18 Å². The second-order valence-corrected chi connectivity index (χ2v) is 7.81. The molecule has 0 spiro atoms. The lowest BCUT2D eigenvalue weighted by Crippen LogP contribution is -2.23. The first-order chi connectivity index (χ1) is 12.8. The molecule has 0 fully saturated rings. The summed E-state index contributed by atoms with van der Waals surface area (Å²) in [5.74, 6) is -0.803. The first-order valence-corrected chi connectivity index (χ1v) is 9.39. The van der Waals surface area contributed by atoms with Crippen molar-refractivity contribution in [2.75, 3.05) is 5.32 Å². The summed E-state index contributed by atoms with van der Waals surface area (Å²) in [5, 5.41) is 14.5. The average molecular weight is 406 g/mol. The van der Waals surface area contributed by atoms with Crippen LogP contribution >= 0.6 is 23.4 Å². The van der Waals surface area contributed by atoms with Gasteiger partial charge >= 0.3 is 0 Å². The number of halogens is 2. The number of nitrogens with zero attached hydrogens (tertiary/aromatic N) is 4. The smallest absolute Gasteiger partial charge is 0.237 e. The Bertz CT molecular complexity index is 973. The standard InChI is InChI=1S/C18H17ClFN5OS/c1-10-6-11(2)8-14(7-10)25-18(22-23-24-25)27-12(3)17(26)21-13-4-5-16(20)15(19)9-13/h4-9,12H,1-3H3,(H,21,26)/t12-/m0/s1. The number of nitrogens with one attached hydrogen (secondary N) is 1. The summed E-state index contributed by atoms with van der Waals surface area (Å²) >= 11 is 6.97. The highest BCUT2D eigenvalue weighted by atomic mass is 35.5. The maximum absolute atomic E-state index is 13.2. The summed E-state index contributed by atoms with van der Waals surface area (Å²) in [6, 6.07) is 10.0. The molecule has 6 nitrogen and oxygen atoms in total. The van der Waals surface area contributed by atoms with E-state index >= 15 is 0 Å². The Morgan fingerprint density at radius 3 is 2.59 bits per heavy atom. The summed E-state index contributed by atoms with van der Waals surface area (Å²) in [4.78, 5) is 12.4. The van der Waals surface area contributed by atoms with Gasteiger partial charge in [-0.2, -0.15) is 4.68 Å². The van der Waals surface area contributed by atoms with E-state index in [1.54, 1.807) is 11.6 Å². The minimum Gasteiger partial charge on any atom is -0.325 e. The number of tetrazole rings is 1. The summed E-state index contributed by atoms with van der Waals surface area (Å²) < 4.78 is 14.8. The third-order valence-electron chi connectivity index (χ3n) is 3.73. The monoisotopic (exact) mass is 405 g/mol. The number of thioether (sulfide) groups is 1. The van der Waals surface area contributed by atoms with Gasteiger partial charge in [0.15, 0.2) is 0 Å². The third kappa shape index (κ3) is 4.64. The quantitative estimate of drug-likeness (QED) is 0.644. The van der Waals surface area contributed by atoms with Crippen LogP contribution in [0.3, 0.4) is 0 Å². The van der Waals surface area contributed by atoms with Gasteiger partial charge in [0.2, 0.25) is 11.1 Å². The van der Waals surface area contributed by atoms with Gasteiger partial charge in [-0.3, -0.25) is 4.79 Å². The van der Waals surface area contributed by atoms with Crippen molar-refractivity contribution in [3.05, 3.63) is 58.4 Å². The zero-order valence-corrected chi connectivity index (χ0v) is 16.5. The van der Waals surface area contributed by atoms with Crippen LogP contribution in [0.5, 0.6) is 0 Å². The number of amides is 1. The Balaban J connectivity index is 1.74. The van der Waals surface area contributed by atoms with Gasteiger partial charge in [0.1, 0.15) is 5.82 Å². The van der Waals surface area contributed by atoms with Gasteiger partial charge in [0.25, 0.3) is 0 Å². The summed E-state index contributed by atoms with van der Waals surface area (Å²) in [7, 11) is 0. The molecule has 0 radical (unpaired) electrons. The molecule has 9 heteroatoms. The van der Waals surface area contributed by atoms with Gasteiger partial charge in [0.05, 0.1) is 16.0 Å². The number of aryl methyl sites for hydroxylation is 2. The van der Waals surface area contributed by atoms with Crippen molar-refractivity contribution in [2.24, 2.45) is 0 Å². The van der Waals surface area contributed by atoms with Crippen LogP contribution in [-0.4, -0.2) is 31.4 Å². The van der Waals surface area contributed by atoms with Crippen molar-refractivity contribution in [1.82, 2.24) is 20.2 Å². The molecule has 1 amide bonds. The lowest BCUT2D eigenvalue weighted by Gasteiger charge is -2.12. The maximum Gasteiger partial charge on any atom is 0.237 e. The zero-order valence-electron chi connectivity index (χ0n) is 14.9. The summed E-state index contributed by atoms with van der Waals surface area (Å²) in [6.45, 7) is 5.74. The number of aromatic nitrogens is 4. The fourth-order valence-corrected chi connectivity index (χ4v) is 3.50. The van der Waals surface area contributed by atoms with E-state index in [0.717, 1.165) is 16.8 Å². The lowest BCUT2D eigenvalue weighted by molar-refractivity contribution is -0.115. The Morgan fingerprint density at radius 2 is 1.93 bits per heavy atom. The van der Waals surface area contributed by atoms with Crippen LogP contribution in [0.1, 0.15) is 18.1 Å². The van der Waals surface area contributed by atoms with Crippen molar-refractivity contribution in [3.8, 4) is 5.69 Å². The predicted octanol–water partition coefficient (Wildman–Crippen LogP) is 4.19. The first-order valence-electron chi connectivity index (χ1n) is 8.13. The SMILES string of the molecule is Cc1cc(C)cc(-n2nnnc2S[C@@H](C)C(=O)Nc2ccc(F)c(Cl)c2)c1. The largest absolute Gasteiger partial charge is 0.325 e. The van der Waals surface area contributed by atoms with E-state index in [1.807, 2.05) is 26.0 Å². The van der Waals surface area contributed by atoms with Gasteiger partial charge in [-0.05, 0) is 72.7 Å². The second-order valence-electron chi connectivity index (χ2n) is 6.10. The molecule has 1 N–H and O–H groups in total. The van der Waals surface area contributed by atoms with Crippen molar-refractivity contribution in [3.63, 3.8) is 0 Å². The molecule has 0 bridgehead atoms. The van der Waals surface area contributed by atoms with E-state index in [-0.39, 0.29) is 10.9 Å². The van der Waals surface area contributed by atoms with Gasteiger partial charge in [0, 0.05) is 5.69 Å². The molecule has 0 aliphatic heterocycles. The molecule has 140 valence electrons. The Morgan fingerprint density at radius 1 is 1.22 bits per heavy atom. The Labute approximate surface area is 165 Å². The van der Waals surface area contributed by atoms with E-state index in [0.29, 0.717) is 10.8 Å². The molecule has 3 aromatic rings. The van der Waals surface area contributed by atoms with Gasteiger partial charge < -0.3 is 5.32 Å². The maximum atomic E-state index is 13.2. The fourth-order valence-electron chi connectivity index (χ4n) is 2.52. The van der Waals surface area contributed by atoms with E-state index in [4.69, 9.17) is 11.6 Å². The molecule has 1 aromatic heterocycles. The molecule has 2 aromatic carbocycles. The molecule has 27 heavy (non-hydrogen) atoms. The molecule has 3 rings (SSSR count). The van der Waals surface area contributed by atoms with Gasteiger partial charge in [-0.1, -0.05) is 29.4 Å². The highest BCUT2D eigenvalue weighted by molar-refractivity contribution is 8.00. The molecular formula is C18H17ClFN5OS. The van der Waals surface area contributed by atoms with Gasteiger partial charge in [-0.15, -0.1) is 5.10 Å². The number of rotatable bonds is 5. The topological polar surface area (TPSA) is 72.7 Å². The Hall–Kier alpha value is -2.45. The minimum absolute atomic E-state index is 0.0492. The average Bonchev–Trinajstić information content (AvgIpc) is 3.05. The molecule has 0 saturated carbocycles. The van der Waals surface area contributed by atoms with Crippen LogP contribution in [0.4, 0.5) is 10.1 Å². The van der Waals surface area contributed by atoms with Crippen LogP contribution in [0.25, 0.3) is 5.69 Å². The molecule has 0 saturated heterocycles. The fraction of sp³-hybridized carbons (Fsp3) is 0.222. The van der Waals surface area contributed by atoms with Crippen molar-refractivity contribution in [2.45, 2.75) is 31.2 Å². The van der Waals surface area contributed by atoms with Crippen LogP contribution in [0.2, 0.25) is 5.02 Å². The minimum atomic E-state index is -0.537. The molecule has 0 aliphatic carbocycles. The Kier molecular flexibility index (Phi) is 5.76. The molecule has 1 heterocycles. The van der Waals surface area contributed by atoms with Crippen LogP contribution in [0.15, 0.2) is 41.6 Å². The zero-order chi connectivity index (χ0) is 19.6. The number of hydrogen-bond donors (Lipinski definition) is 1. The first kappa shape index (κ1) is 19.3. The van der Waals surface area contributed by atoms with E-state index < -0.39 is 11.1 Å². The highest BCUT2D eigenvalue weighted by Gasteiger charge is 2.20. The van der Waals surface area contributed by atoms with Crippen LogP contribution in [-0.2, 0) is 4.79 Å². The summed E-state index contributed by atoms with van der Waals surface area (Å²) in [5.41, 5.74) is 3.44. The number of carbonyl (C=O) groups excluding carboxylic acids is 1. The second kappa shape index (κ2) is 8.06. The number of hydrogen-bond acceptors (Lipinski definition) is 5. The molecular weight excluding hydrogens is 389 g/mol. The van der Waals surface area contributed by atoms with E-state index in [9.17, 15) is 9.18 Å². The van der Waals surface area contributed by atoms with Crippen LogP contribution in [0, 0.1) is 19.7 Å². The van der Waals surface area contributed by atoms with Crippen LogP contribution < -0.4 is 5.32 Å². The molecule has 0 unspecified atom stereocenters. The lowest BCUT2D eigenvalue weighted by atomic mass is 10.1. The number of anilines is 1. The number of carbonyl (C=O) groups is 1. The van der Waals surface area contributed by atoms with Crippen molar-refractivity contribution >= 4 is 35.0 Å². The molecule has 1 atom stereocenters.